The third kappa shape index (κ3) is 9.60. The van der Waals surface area contributed by atoms with Gasteiger partial charge in [0.2, 0.25) is 0 Å². The Balaban J connectivity index is 0.00000588. The van der Waals surface area contributed by atoms with Crippen molar-refractivity contribution < 1.29 is 19.1 Å². The van der Waals surface area contributed by atoms with Crippen LogP contribution in [0.15, 0.2) is 54.6 Å². The summed E-state index contributed by atoms with van der Waals surface area (Å²) in [6.07, 6.45) is 0.884. The zero-order valence-electron chi connectivity index (χ0n) is 24.3. The quantitative estimate of drug-likeness (QED) is 0.180. The molecule has 0 bridgehead atoms. The van der Waals surface area contributed by atoms with Crippen molar-refractivity contribution in [3.63, 3.8) is 0 Å². The average Bonchev–Trinajstić information content (AvgIpc) is 2.91. The summed E-state index contributed by atoms with van der Waals surface area (Å²) in [4.78, 5) is 32.3. The molecule has 0 aliphatic rings. The largest absolute Gasteiger partial charge is 0.492 e. The maximum atomic E-state index is 13.4. The highest BCUT2D eigenvalue weighted by molar-refractivity contribution is 6.33. The molecule has 1 aromatic heterocycles. The predicted octanol–water partition coefficient (Wildman–Crippen LogP) is 7.18. The number of benzene rings is 2. The van der Waals surface area contributed by atoms with Gasteiger partial charge in [0.05, 0.1) is 30.9 Å². The Hall–Kier alpha value is -2.84. The predicted molar refractivity (Wildman–Crippen MR) is 168 cm³/mol. The van der Waals surface area contributed by atoms with Gasteiger partial charge in [-0.05, 0) is 56.3 Å². The van der Waals surface area contributed by atoms with Crippen molar-refractivity contribution in [2.45, 2.75) is 39.7 Å². The van der Waals surface area contributed by atoms with Crippen molar-refractivity contribution in [1.82, 2.24) is 15.2 Å². The Kier molecular flexibility index (Phi) is 12.9. The molecular formula is C31H38Cl3N3O4. The minimum absolute atomic E-state index is 0. The lowest BCUT2D eigenvalue weighted by atomic mass is 9.84. The maximum Gasteiger partial charge on any atom is 0.307 e. The number of rotatable bonds is 11. The lowest BCUT2D eigenvalue weighted by molar-refractivity contribution is -0.141. The van der Waals surface area contributed by atoms with E-state index >= 15 is 0 Å². The molecule has 0 saturated carbocycles. The number of hydrogen-bond acceptors (Lipinski definition) is 6. The highest BCUT2D eigenvalue weighted by Gasteiger charge is 2.30. The molecular weight excluding hydrogens is 585 g/mol. The highest BCUT2D eigenvalue weighted by Crippen LogP contribution is 2.38. The lowest BCUT2D eigenvalue weighted by Crippen LogP contribution is -2.45. The van der Waals surface area contributed by atoms with Crippen molar-refractivity contribution in [3.05, 3.63) is 70.3 Å². The molecule has 1 amide bonds. The Bertz CT molecular complexity index is 1340. The first kappa shape index (κ1) is 34.4. The van der Waals surface area contributed by atoms with Gasteiger partial charge in [0, 0.05) is 34.3 Å². The Morgan fingerprint density at radius 2 is 1.71 bits per heavy atom. The Labute approximate surface area is 258 Å². The van der Waals surface area contributed by atoms with Crippen LogP contribution in [-0.2, 0) is 9.53 Å². The molecule has 0 spiro atoms. The van der Waals surface area contributed by atoms with Crippen molar-refractivity contribution in [1.29, 1.82) is 0 Å². The number of carbonyl (C=O) groups excluding carboxylic acids is 2. The number of nitrogens with one attached hydrogen (secondary N) is 1. The summed E-state index contributed by atoms with van der Waals surface area (Å²) < 4.78 is 10.8. The van der Waals surface area contributed by atoms with Crippen LogP contribution in [0.3, 0.4) is 0 Å². The number of carbonyl (C=O) groups is 2. The zero-order chi connectivity index (χ0) is 29.4. The van der Waals surface area contributed by atoms with Gasteiger partial charge in [-0.2, -0.15) is 0 Å². The van der Waals surface area contributed by atoms with E-state index in [1.54, 1.807) is 12.1 Å². The Morgan fingerprint density at radius 1 is 1.00 bits per heavy atom. The van der Waals surface area contributed by atoms with Crippen molar-refractivity contribution in [2.24, 2.45) is 5.41 Å². The number of ether oxygens (including phenoxy) is 2. The second-order valence-electron chi connectivity index (χ2n) is 10.9. The van der Waals surface area contributed by atoms with E-state index in [-0.39, 0.29) is 29.9 Å². The summed E-state index contributed by atoms with van der Waals surface area (Å²) in [5, 5.41) is 4.02. The summed E-state index contributed by atoms with van der Waals surface area (Å²) >= 11 is 13.0. The summed E-state index contributed by atoms with van der Waals surface area (Å²) in [7, 11) is 5.35. The van der Waals surface area contributed by atoms with Crippen LogP contribution in [-0.4, -0.2) is 62.2 Å². The molecule has 1 atom stereocenters. The van der Waals surface area contributed by atoms with Crippen LogP contribution in [0.2, 0.25) is 10.0 Å². The van der Waals surface area contributed by atoms with Gasteiger partial charge in [-0.1, -0.05) is 68.2 Å². The topological polar surface area (TPSA) is 80.8 Å². The first-order valence-corrected chi connectivity index (χ1v) is 13.9. The fraction of sp³-hybridized carbons (Fsp3) is 0.387. The SMILES string of the molecule is COC(=O)C[C@H](NC(=O)c1ccc(-c2ccccc2Cl)c(-c2ccc(Cl)c(OCCCN(C)C)c2)n1)C(C)(C)C.Cl. The van der Waals surface area contributed by atoms with Crippen LogP contribution in [0.4, 0.5) is 0 Å². The van der Waals surface area contributed by atoms with Crippen molar-refractivity contribution in [2.75, 3.05) is 34.4 Å². The molecule has 222 valence electrons. The molecule has 0 aliphatic carbocycles. The monoisotopic (exact) mass is 621 g/mol. The standard InChI is InChI=1S/C31H37Cl2N3O4.ClH/c1-31(2,3)27(19-28(37)39-6)35-30(38)25-15-13-22(21-10-7-8-11-23(21)32)29(34-25)20-12-14-24(33)26(18-20)40-17-9-16-36(4)5;/h7-8,10-15,18,27H,9,16-17,19H2,1-6H3,(H,35,38);1H/t27-;/m0./s1. The van der Waals surface area contributed by atoms with Crippen molar-refractivity contribution in [3.8, 4) is 28.1 Å². The molecule has 0 aliphatic heterocycles. The number of amides is 1. The molecule has 0 saturated heterocycles. The van der Waals surface area contributed by atoms with Gasteiger partial charge in [-0.25, -0.2) is 4.98 Å². The van der Waals surface area contributed by atoms with Crippen LogP contribution in [0, 0.1) is 5.41 Å². The highest BCUT2D eigenvalue weighted by atomic mass is 35.5. The van der Waals surface area contributed by atoms with E-state index in [0.717, 1.165) is 29.7 Å². The van der Waals surface area contributed by atoms with Gasteiger partial charge >= 0.3 is 5.97 Å². The smallest absolute Gasteiger partial charge is 0.307 e. The first-order valence-electron chi connectivity index (χ1n) is 13.1. The summed E-state index contributed by atoms with van der Waals surface area (Å²) in [6.45, 7) is 7.25. The van der Waals surface area contributed by atoms with Crippen molar-refractivity contribution >= 4 is 47.5 Å². The van der Waals surface area contributed by atoms with Crippen LogP contribution < -0.4 is 10.1 Å². The second-order valence-corrected chi connectivity index (χ2v) is 11.7. The van der Waals surface area contributed by atoms with Gasteiger partial charge in [-0.3, -0.25) is 9.59 Å². The van der Waals surface area contributed by atoms with E-state index in [1.165, 1.54) is 7.11 Å². The molecule has 1 N–H and O–H groups in total. The fourth-order valence-electron chi connectivity index (χ4n) is 4.08. The number of pyridine rings is 1. The molecule has 0 radical (unpaired) electrons. The van der Waals surface area contributed by atoms with E-state index in [0.29, 0.717) is 28.1 Å². The van der Waals surface area contributed by atoms with Gasteiger partial charge < -0.3 is 19.7 Å². The molecule has 7 nitrogen and oxygen atoms in total. The molecule has 3 aromatic rings. The molecule has 1 heterocycles. The minimum Gasteiger partial charge on any atom is -0.492 e. The van der Waals surface area contributed by atoms with Gasteiger partial charge in [-0.15, -0.1) is 12.4 Å². The molecule has 41 heavy (non-hydrogen) atoms. The van der Waals surface area contributed by atoms with E-state index in [1.807, 2.05) is 77.3 Å². The first-order chi connectivity index (χ1) is 18.9. The zero-order valence-corrected chi connectivity index (χ0v) is 26.6. The molecule has 0 fully saturated rings. The summed E-state index contributed by atoms with van der Waals surface area (Å²) in [6, 6.07) is 15.9. The Morgan fingerprint density at radius 3 is 2.34 bits per heavy atom. The average molecular weight is 623 g/mol. The van der Waals surface area contributed by atoms with Crippen LogP contribution in [0.25, 0.3) is 22.4 Å². The van der Waals surface area contributed by atoms with E-state index < -0.39 is 17.9 Å². The van der Waals surface area contributed by atoms with Gasteiger partial charge in [0.25, 0.3) is 5.91 Å². The number of halogens is 3. The third-order valence-electron chi connectivity index (χ3n) is 6.45. The third-order valence-corrected chi connectivity index (χ3v) is 7.09. The van der Waals surface area contributed by atoms with E-state index in [9.17, 15) is 9.59 Å². The minimum atomic E-state index is -0.460. The van der Waals surface area contributed by atoms with Gasteiger partial charge in [0.15, 0.2) is 0 Å². The molecule has 2 aromatic carbocycles. The lowest BCUT2D eigenvalue weighted by Gasteiger charge is -2.30. The fourth-order valence-corrected chi connectivity index (χ4v) is 4.49. The maximum absolute atomic E-state index is 13.4. The molecule has 10 heteroatoms. The normalized spacial score (nSPS) is 11.9. The van der Waals surface area contributed by atoms with Crippen LogP contribution in [0.1, 0.15) is 44.1 Å². The number of methoxy groups -OCH3 is 1. The number of esters is 1. The second kappa shape index (κ2) is 15.4. The van der Waals surface area contributed by atoms with Gasteiger partial charge in [0.1, 0.15) is 11.4 Å². The van der Waals surface area contributed by atoms with Crippen LogP contribution in [0.5, 0.6) is 5.75 Å². The molecule has 3 rings (SSSR count). The molecule has 0 unspecified atom stereocenters. The van der Waals surface area contributed by atoms with E-state index in [4.69, 9.17) is 37.7 Å². The number of hydrogen-bond donors (Lipinski definition) is 1. The summed E-state index contributed by atoms with van der Waals surface area (Å²) in [5.41, 5.74) is 2.62. The number of nitrogens with zero attached hydrogens (tertiary/aromatic N) is 2. The van der Waals surface area contributed by atoms with Crippen LogP contribution >= 0.6 is 35.6 Å². The van der Waals surface area contributed by atoms with E-state index in [2.05, 4.69) is 10.2 Å². The summed E-state index contributed by atoms with van der Waals surface area (Å²) in [5.74, 6) is -0.266. The number of aromatic nitrogens is 1.